The summed E-state index contributed by atoms with van der Waals surface area (Å²) < 4.78 is 9.52. The summed E-state index contributed by atoms with van der Waals surface area (Å²) in [5.41, 5.74) is 2.92. The minimum Gasteiger partial charge on any atom is -0.481 e. The van der Waals surface area contributed by atoms with E-state index in [1.807, 2.05) is 29.8 Å². The molecule has 0 atom stereocenters. The maximum absolute atomic E-state index is 13.1. The van der Waals surface area contributed by atoms with E-state index in [0.717, 1.165) is 32.0 Å². The largest absolute Gasteiger partial charge is 0.481 e. The molecule has 146 valence electrons. The molecule has 9 nitrogen and oxygen atoms in total. The molecule has 0 fully saturated rings. The Kier molecular flexibility index (Phi) is 4.13. The van der Waals surface area contributed by atoms with E-state index in [4.69, 9.17) is 9.72 Å². The molecule has 0 radical (unpaired) electrons. The van der Waals surface area contributed by atoms with Crippen LogP contribution in [0, 0.1) is 0 Å². The van der Waals surface area contributed by atoms with Gasteiger partial charge in [0, 0.05) is 36.8 Å². The summed E-state index contributed by atoms with van der Waals surface area (Å²) in [6, 6.07) is 5.61. The number of hydrogen-bond donors (Lipinski definition) is 1. The van der Waals surface area contributed by atoms with Gasteiger partial charge in [0.05, 0.1) is 30.2 Å². The molecule has 29 heavy (non-hydrogen) atoms. The standard InChI is InChI=1S/C19H17N7O2S/c1-25-15-13(16-17(25)23-14(29-16)8-12-5-7-21-24-12)9-22-26(19(15)27)10-11-4-3-6-20-18(11)28-2/h3-7,9H,8,10H2,1-2H3,(H,21,24). The third-order valence-corrected chi connectivity index (χ3v) is 5.90. The van der Waals surface area contributed by atoms with Gasteiger partial charge in [-0.3, -0.25) is 9.89 Å². The van der Waals surface area contributed by atoms with Crippen LogP contribution in [0.25, 0.3) is 21.3 Å². The highest BCUT2D eigenvalue weighted by molar-refractivity contribution is 7.19. The first-order valence-electron chi connectivity index (χ1n) is 8.96. The lowest BCUT2D eigenvalue weighted by Gasteiger charge is -2.08. The summed E-state index contributed by atoms with van der Waals surface area (Å²) in [5, 5.41) is 13.2. The van der Waals surface area contributed by atoms with E-state index in [2.05, 4.69) is 20.3 Å². The summed E-state index contributed by atoms with van der Waals surface area (Å²) in [6.07, 6.45) is 5.83. The molecule has 5 aromatic rings. The number of ether oxygens (including phenoxy) is 1. The molecule has 0 spiro atoms. The summed E-state index contributed by atoms with van der Waals surface area (Å²) in [6.45, 7) is 0.280. The summed E-state index contributed by atoms with van der Waals surface area (Å²) in [4.78, 5) is 22.1. The Bertz CT molecular complexity index is 1380. The number of aromatic nitrogens is 7. The molecule has 0 unspecified atom stereocenters. The van der Waals surface area contributed by atoms with E-state index in [-0.39, 0.29) is 12.1 Å². The molecule has 10 heteroatoms. The van der Waals surface area contributed by atoms with Crippen molar-refractivity contribution in [3.8, 4) is 5.88 Å². The first-order valence-corrected chi connectivity index (χ1v) is 9.78. The molecule has 5 heterocycles. The molecule has 5 rings (SSSR count). The molecule has 1 N–H and O–H groups in total. The van der Waals surface area contributed by atoms with Crippen LogP contribution in [0.5, 0.6) is 5.88 Å². The molecule has 0 aliphatic rings. The highest BCUT2D eigenvalue weighted by Gasteiger charge is 2.19. The molecule has 0 aliphatic heterocycles. The number of thiazole rings is 1. The first kappa shape index (κ1) is 17.6. The van der Waals surface area contributed by atoms with Crippen molar-refractivity contribution in [2.45, 2.75) is 13.0 Å². The second-order valence-corrected chi connectivity index (χ2v) is 7.69. The van der Waals surface area contributed by atoms with Crippen molar-refractivity contribution in [3.63, 3.8) is 0 Å². The Morgan fingerprint density at radius 2 is 2.21 bits per heavy atom. The average Bonchev–Trinajstić information content (AvgIpc) is 3.44. The Balaban J connectivity index is 1.58. The molecule has 5 aromatic heterocycles. The zero-order valence-electron chi connectivity index (χ0n) is 15.8. The lowest BCUT2D eigenvalue weighted by molar-refractivity contribution is 0.389. The molecular weight excluding hydrogens is 390 g/mol. The van der Waals surface area contributed by atoms with E-state index in [0.29, 0.717) is 17.8 Å². The normalized spacial score (nSPS) is 11.5. The molecule has 0 aliphatic carbocycles. The molecule has 0 amide bonds. The van der Waals surface area contributed by atoms with Gasteiger partial charge < -0.3 is 9.30 Å². The Labute approximate surface area is 168 Å². The molecule has 0 bridgehead atoms. The van der Waals surface area contributed by atoms with Crippen LogP contribution in [-0.4, -0.2) is 41.6 Å². The number of aromatic amines is 1. The third-order valence-electron chi connectivity index (χ3n) is 4.82. The number of nitrogens with one attached hydrogen (secondary N) is 1. The van der Waals surface area contributed by atoms with Gasteiger partial charge in [-0.25, -0.2) is 14.6 Å². The number of pyridine rings is 1. The van der Waals surface area contributed by atoms with Crippen LogP contribution in [0.1, 0.15) is 16.3 Å². The van der Waals surface area contributed by atoms with Gasteiger partial charge >= 0.3 is 0 Å². The first-order chi connectivity index (χ1) is 14.2. The fourth-order valence-electron chi connectivity index (χ4n) is 3.45. The van der Waals surface area contributed by atoms with Gasteiger partial charge in [0.15, 0.2) is 5.65 Å². The fourth-order valence-corrected chi connectivity index (χ4v) is 4.58. The smallest absolute Gasteiger partial charge is 0.291 e. The number of methoxy groups -OCH3 is 1. The fraction of sp³-hybridized carbons (Fsp3) is 0.211. The zero-order valence-corrected chi connectivity index (χ0v) is 16.6. The highest BCUT2D eigenvalue weighted by atomic mass is 32.1. The summed E-state index contributed by atoms with van der Waals surface area (Å²) in [5.74, 6) is 0.485. The predicted octanol–water partition coefficient (Wildman–Crippen LogP) is 2.11. The number of nitrogens with zero attached hydrogens (tertiary/aromatic N) is 6. The van der Waals surface area contributed by atoms with Gasteiger partial charge in [-0.2, -0.15) is 10.2 Å². The highest BCUT2D eigenvalue weighted by Crippen LogP contribution is 2.31. The van der Waals surface area contributed by atoms with Gasteiger partial charge in [0.1, 0.15) is 10.5 Å². The van der Waals surface area contributed by atoms with E-state index in [1.165, 1.54) is 4.68 Å². The summed E-state index contributed by atoms with van der Waals surface area (Å²) >= 11 is 1.57. The van der Waals surface area contributed by atoms with Crippen LogP contribution in [0.3, 0.4) is 0 Å². The van der Waals surface area contributed by atoms with Gasteiger partial charge in [0.25, 0.3) is 5.56 Å². The van der Waals surface area contributed by atoms with Crippen LogP contribution in [-0.2, 0) is 20.0 Å². The molecular formula is C19H17N7O2S. The number of rotatable bonds is 5. The van der Waals surface area contributed by atoms with Crippen LogP contribution in [0.4, 0.5) is 0 Å². The number of fused-ring (bicyclic) bond motifs is 3. The predicted molar refractivity (Wildman–Crippen MR) is 109 cm³/mol. The van der Waals surface area contributed by atoms with Crippen LogP contribution >= 0.6 is 11.3 Å². The molecule has 0 saturated heterocycles. The Morgan fingerprint density at radius 3 is 3.00 bits per heavy atom. The Morgan fingerprint density at radius 1 is 1.31 bits per heavy atom. The lowest BCUT2D eigenvalue weighted by Crippen LogP contribution is -2.24. The second-order valence-electron chi connectivity index (χ2n) is 6.60. The van der Waals surface area contributed by atoms with E-state index < -0.39 is 0 Å². The molecule has 0 saturated carbocycles. The number of hydrogen-bond acceptors (Lipinski definition) is 7. The third kappa shape index (κ3) is 2.88. The second kappa shape index (κ2) is 6.82. The minimum absolute atomic E-state index is 0.171. The average molecular weight is 407 g/mol. The van der Waals surface area contributed by atoms with E-state index in [9.17, 15) is 4.79 Å². The van der Waals surface area contributed by atoms with Crippen molar-refractivity contribution in [2.24, 2.45) is 7.05 Å². The van der Waals surface area contributed by atoms with Crippen molar-refractivity contribution < 1.29 is 4.74 Å². The molecule has 0 aromatic carbocycles. The van der Waals surface area contributed by atoms with Gasteiger partial charge in [0.2, 0.25) is 5.88 Å². The minimum atomic E-state index is -0.171. The topological polar surface area (TPSA) is 104 Å². The van der Waals surface area contributed by atoms with Gasteiger partial charge in [-0.15, -0.1) is 11.3 Å². The summed E-state index contributed by atoms with van der Waals surface area (Å²) in [7, 11) is 3.42. The van der Waals surface area contributed by atoms with E-state index >= 15 is 0 Å². The van der Waals surface area contributed by atoms with Crippen molar-refractivity contribution in [1.29, 1.82) is 0 Å². The lowest BCUT2D eigenvalue weighted by atomic mass is 10.2. The van der Waals surface area contributed by atoms with Crippen molar-refractivity contribution in [1.82, 2.24) is 34.5 Å². The van der Waals surface area contributed by atoms with Crippen LogP contribution in [0.15, 0.2) is 41.6 Å². The maximum atomic E-state index is 13.1. The van der Waals surface area contributed by atoms with Crippen molar-refractivity contribution >= 4 is 32.6 Å². The SMILES string of the molecule is COc1ncccc1Cn1ncc2c3sc(Cc4cc[nH]n4)nc3n(C)c2c1=O. The van der Waals surface area contributed by atoms with Crippen LogP contribution < -0.4 is 10.3 Å². The van der Waals surface area contributed by atoms with Crippen LogP contribution in [0.2, 0.25) is 0 Å². The van der Waals surface area contributed by atoms with E-state index in [1.54, 1.807) is 37.0 Å². The van der Waals surface area contributed by atoms with Gasteiger partial charge in [-0.1, -0.05) is 6.07 Å². The zero-order chi connectivity index (χ0) is 20.0. The van der Waals surface area contributed by atoms with Crippen molar-refractivity contribution in [3.05, 3.63) is 63.4 Å². The van der Waals surface area contributed by atoms with Gasteiger partial charge in [-0.05, 0) is 12.1 Å². The van der Waals surface area contributed by atoms with Crippen molar-refractivity contribution in [2.75, 3.05) is 7.11 Å². The monoisotopic (exact) mass is 407 g/mol. The Hall–Kier alpha value is -3.53. The quantitative estimate of drug-likeness (QED) is 0.479. The number of H-pyrrole nitrogens is 1. The number of aryl methyl sites for hydroxylation is 1. The maximum Gasteiger partial charge on any atom is 0.291 e.